The summed E-state index contributed by atoms with van der Waals surface area (Å²) in [6, 6.07) is 21.2. The van der Waals surface area contributed by atoms with Crippen molar-refractivity contribution in [1.82, 2.24) is 14.8 Å². The Balaban J connectivity index is 1.59. The first-order valence-corrected chi connectivity index (χ1v) is 12.8. The first-order chi connectivity index (χ1) is 18.0. The lowest BCUT2D eigenvalue weighted by molar-refractivity contribution is -0.127. The molecule has 2 amide bonds. The summed E-state index contributed by atoms with van der Waals surface area (Å²) >= 11 is 0. The first kappa shape index (κ1) is 24.7. The van der Waals surface area contributed by atoms with E-state index in [0.29, 0.717) is 23.4 Å². The quantitative estimate of drug-likeness (QED) is 0.524. The molecule has 0 aliphatic carbocycles. The maximum absolute atomic E-state index is 13.7. The Bertz CT molecular complexity index is 1370. The normalized spacial score (nSPS) is 22.2. The number of aliphatic hydroxyl groups is 1. The zero-order chi connectivity index (χ0) is 25.9. The summed E-state index contributed by atoms with van der Waals surface area (Å²) < 4.78 is 1.69. The van der Waals surface area contributed by atoms with Crippen molar-refractivity contribution in [1.29, 1.82) is 0 Å². The Kier molecular flexibility index (Phi) is 7.06. The third-order valence-corrected chi connectivity index (χ3v) is 7.44. The fraction of sp³-hybridized carbons (Fsp3) is 0.300. The number of amides is 2. The number of hydrogen-bond acceptors (Lipinski definition) is 4. The molecule has 7 heteroatoms. The molecule has 2 bridgehead atoms. The maximum atomic E-state index is 13.7. The number of nitrogens with one attached hydrogen (secondary N) is 1. The highest BCUT2D eigenvalue weighted by Gasteiger charge is 2.57. The molecular weight excluding hydrogens is 466 g/mol. The monoisotopic (exact) mass is 497 g/mol. The van der Waals surface area contributed by atoms with Crippen LogP contribution in [0.2, 0.25) is 0 Å². The van der Waals surface area contributed by atoms with Crippen molar-refractivity contribution in [3.8, 4) is 0 Å². The lowest BCUT2D eigenvalue weighted by Gasteiger charge is -2.38. The number of fused-ring (bicyclic) bond motifs is 4. The van der Waals surface area contributed by atoms with Crippen molar-refractivity contribution in [3.63, 3.8) is 0 Å². The number of carbonyl (C=O) groups excluding carboxylic acids is 2. The fourth-order valence-electron chi connectivity index (χ4n) is 5.67. The second-order valence-corrected chi connectivity index (χ2v) is 9.63. The fourth-order valence-corrected chi connectivity index (χ4v) is 5.67. The zero-order valence-electron chi connectivity index (χ0n) is 20.8. The molecule has 2 aliphatic heterocycles. The maximum Gasteiger partial charge on any atom is 0.258 e. The second kappa shape index (κ2) is 10.6. The van der Waals surface area contributed by atoms with E-state index in [1.54, 1.807) is 45.9 Å². The van der Waals surface area contributed by atoms with Crippen LogP contribution in [0.3, 0.4) is 0 Å². The average molecular weight is 498 g/mol. The van der Waals surface area contributed by atoms with E-state index in [1.807, 2.05) is 55.5 Å². The molecule has 2 N–H and O–H groups in total. The van der Waals surface area contributed by atoms with E-state index in [9.17, 15) is 19.5 Å². The van der Waals surface area contributed by atoms with Crippen molar-refractivity contribution in [2.24, 2.45) is 11.8 Å². The van der Waals surface area contributed by atoms with E-state index in [1.165, 1.54) is 0 Å². The highest BCUT2D eigenvalue weighted by molar-refractivity contribution is 5.96. The Labute approximate surface area is 216 Å². The summed E-state index contributed by atoms with van der Waals surface area (Å²) in [5.41, 5.74) is 2.48. The highest BCUT2D eigenvalue weighted by Crippen LogP contribution is 2.48. The number of carbonyl (C=O) groups is 2. The molecule has 5 rings (SSSR count). The largest absolute Gasteiger partial charge is 0.396 e. The van der Waals surface area contributed by atoms with E-state index >= 15 is 0 Å². The number of benzene rings is 2. The van der Waals surface area contributed by atoms with Crippen LogP contribution in [-0.2, 0) is 11.3 Å². The minimum Gasteiger partial charge on any atom is -0.396 e. The molecule has 1 saturated heterocycles. The van der Waals surface area contributed by atoms with E-state index in [-0.39, 0.29) is 30.5 Å². The third kappa shape index (κ3) is 4.51. The number of aliphatic hydroxyl groups excluding tert-OH is 1. The van der Waals surface area contributed by atoms with Crippen molar-refractivity contribution in [3.05, 3.63) is 106 Å². The van der Waals surface area contributed by atoms with Crippen LogP contribution in [-0.4, -0.2) is 45.6 Å². The van der Waals surface area contributed by atoms with E-state index in [0.717, 1.165) is 12.0 Å². The summed E-state index contributed by atoms with van der Waals surface area (Å²) in [7, 11) is 0. The van der Waals surface area contributed by atoms with Crippen LogP contribution in [0.25, 0.3) is 12.2 Å². The number of nitrogens with zero attached hydrogens (tertiary/aromatic N) is 2. The molecule has 4 atom stereocenters. The Morgan fingerprint density at radius 2 is 1.70 bits per heavy atom. The Morgan fingerprint density at radius 3 is 2.38 bits per heavy atom. The molecule has 7 nitrogen and oxygen atoms in total. The smallest absolute Gasteiger partial charge is 0.258 e. The van der Waals surface area contributed by atoms with E-state index in [4.69, 9.17) is 0 Å². The summed E-state index contributed by atoms with van der Waals surface area (Å²) in [6.07, 6.45) is 4.46. The van der Waals surface area contributed by atoms with Gasteiger partial charge in [-0.3, -0.25) is 14.4 Å². The van der Waals surface area contributed by atoms with Crippen LogP contribution in [0.1, 0.15) is 46.6 Å². The van der Waals surface area contributed by atoms with Gasteiger partial charge in [0.15, 0.2) is 0 Å². The van der Waals surface area contributed by atoms with Gasteiger partial charge < -0.3 is 19.9 Å². The lowest BCUT2D eigenvalue weighted by atomic mass is 9.86. The number of hydrogen-bond donors (Lipinski definition) is 2. The van der Waals surface area contributed by atoms with Crippen LogP contribution < -0.4 is 10.9 Å². The van der Waals surface area contributed by atoms with Crippen molar-refractivity contribution in [2.45, 2.75) is 32.0 Å². The summed E-state index contributed by atoms with van der Waals surface area (Å²) in [5.74, 6) is -1.55. The predicted molar refractivity (Wildman–Crippen MR) is 143 cm³/mol. The van der Waals surface area contributed by atoms with Crippen molar-refractivity contribution < 1.29 is 14.7 Å². The van der Waals surface area contributed by atoms with Gasteiger partial charge in [0, 0.05) is 42.4 Å². The minimum absolute atomic E-state index is 0.169. The average Bonchev–Trinajstić information content (AvgIpc) is 3.18. The van der Waals surface area contributed by atoms with Gasteiger partial charge >= 0.3 is 0 Å². The molecule has 190 valence electrons. The molecule has 1 fully saturated rings. The van der Waals surface area contributed by atoms with Crippen LogP contribution in [0.4, 0.5) is 0 Å². The molecule has 2 aliphatic rings. The van der Waals surface area contributed by atoms with Gasteiger partial charge in [-0.1, -0.05) is 61.5 Å². The van der Waals surface area contributed by atoms with E-state index in [2.05, 4.69) is 5.32 Å². The van der Waals surface area contributed by atoms with Crippen LogP contribution in [0.15, 0.2) is 77.6 Å². The molecule has 0 spiro atoms. The minimum atomic E-state index is -0.659. The highest BCUT2D eigenvalue weighted by atomic mass is 16.3. The van der Waals surface area contributed by atoms with Crippen LogP contribution in [0.5, 0.6) is 0 Å². The molecule has 3 aromatic rings. The third-order valence-electron chi connectivity index (χ3n) is 7.44. The molecule has 0 radical (unpaired) electrons. The summed E-state index contributed by atoms with van der Waals surface area (Å²) in [5, 5.41) is 13.4. The van der Waals surface area contributed by atoms with Gasteiger partial charge in [0.25, 0.3) is 11.5 Å². The molecule has 3 heterocycles. The second-order valence-electron chi connectivity index (χ2n) is 9.63. The summed E-state index contributed by atoms with van der Waals surface area (Å²) in [6.45, 7) is 2.45. The Hall–Kier alpha value is -3.97. The van der Waals surface area contributed by atoms with Gasteiger partial charge in [-0.05, 0) is 42.3 Å². The standard InChI is InChI=1S/C30H31N3O4/c1-2-17-31-28(35)26-23(19-34)25-18-32-24(27(26)33(25)30(37)21-11-7-4-8-12-21)16-15-22(29(32)36)14-13-20-9-5-3-6-10-20/h3-16,23,25-27,34H,2,17-19H2,1H3,(H,31,35)/b14-13+/t23-,25-,26+,27+/m0/s1. The van der Waals surface area contributed by atoms with Gasteiger partial charge in [-0.25, -0.2) is 0 Å². The van der Waals surface area contributed by atoms with Gasteiger partial charge in [0.05, 0.1) is 18.0 Å². The van der Waals surface area contributed by atoms with E-state index < -0.39 is 23.9 Å². The Morgan fingerprint density at radius 1 is 1.00 bits per heavy atom. The molecule has 0 saturated carbocycles. The SMILES string of the molecule is CCCNC(=O)[C@@H]1[C@@H](CO)[C@@H]2Cn3c(ccc(/C=C/c4ccccc4)c3=O)[C@H]1N2C(=O)c1ccccc1. The predicted octanol–water partition coefficient (Wildman–Crippen LogP) is 3.35. The van der Waals surface area contributed by atoms with Gasteiger partial charge in [0.2, 0.25) is 5.91 Å². The van der Waals surface area contributed by atoms with Crippen molar-refractivity contribution in [2.75, 3.05) is 13.2 Å². The molecule has 0 unspecified atom stereocenters. The summed E-state index contributed by atoms with van der Waals surface area (Å²) in [4.78, 5) is 42.4. The first-order valence-electron chi connectivity index (χ1n) is 12.8. The number of rotatable bonds is 7. The lowest BCUT2D eigenvalue weighted by Crippen LogP contribution is -2.49. The number of pyridine rings is 1. The van der Waals surface area contributed by atoms with Gasteiger partial charge in [0.1, 0.15) is 0 Å². The number of aromatic nitrogens is 1. The molecule has 37 heavy (non-hydrogen) atoms. The molecule has 2 aromatic carbocycles. The van der Waals surface area contributed by atoms with Gasteiger partial charge in [-0.15, -0.1) is 0 Å². The topological polar surface area (TPSA) is 91.6 Å². The van der Waals surface area contributed by atoms with Crippen LogP contribution in [0, 0.1) is 11.8 Å². The van der Waals surface area contributed by atoms with Gasteiger partial charge in [-0.2, -0.15) is 0 Å². The van der Waals surface area contributed by atoms with Crippen LogP contribution >= 0.6 is 0 Å². The van der Waals surface area contributed by atoms with Crippen molar-refractivity contribution >= 4 is 24.0 Å². The molecule has 1 aromatic heterocycles. The molecular formula is C30H31N3O4. The zero-order valence-corrected chi connectivity index (χ0v) is 20.8.